The zero-order valence-corrected chi connectivity index (χ0v) is 12.4. The summed E-state index contributed by atoms with van der Waals surface area (Å²) < 4.78 is 22.3. The molecule has 0 bridgehead atoms. The molecule has 1 aromatic carbocycles. The van der Waals surface area contributed by atoms with Crippen LogP contribution in [0.15, 0.2) is 30.5 Å². The Kier molecular flexibility index (Phi) is 3.26. The molecule has 1 saturated heterocycles. The molecule has 0 amide bonds. The van der Waals surface area contributed by atoms with Gasteiger partial charge in [0.05, 0.1) is 17.2 Å². The molecule has 3 heteroatoms. The SMILES string of the molecule is Fc1cccc2c1ccn2CC1CCC2(CCCCC2)O1. The summed E-state index contributed by atoms with van der Waals surface area (Å²) in [5.74, 6) is -0.137. The lowest BCUT2D eigenvalue weighted by Crippen LogP contribution is -2.32. The van der Waals surface area contributed by atoms with E-state index < -0.39 is 0 Å². The molecule has 2 heterocycles. The minimum absolute atomic E-state index is 0.137. The molecule has 2 aliphatic rings. The van der Waals surface area contributed by atoms with Crippen LogP contribution in [0.5, 0.6) is 0 Å². The summed E-state index contributed by atoms with van der Waals surface area (Å²) in [6.07, 6.45) is 11.0. The highest BCUT2D eigenvalue weighted by Gasteiger charge is 2.40. The van der Waals surface area contributed by atoms with E-state index in [1.54, 1.807) is 6.07 Å². The highest BCUT2D eigenvalue weighted by atomic mass is 19.1. The largest absolute Gasteiger partial charge is 0.370 e. The minimum atomic E-state index is -0.137. The van der Waals surface area contributed by atoms with E-state index in [1.807, 2.05) is 18.3 Å². The maximum Gasteiger partial charge on any atom is 0.132 e. The zero-order chi connectivity index (χ0) is 14.3. The van der Waals surface area contributed by atoms with Crippen LogP contribution in [0.1, 0.15) is 44.9 Å². The first-order valence-electron chi connectivity index (χ1n) is 8.17. The van der Waals surface area contributed by atoms with Crippen molar-refractivity contribution in [2.24, 2.45) is 0 Å². The highest BCUT2D eigenvalue weighted by molar-refractivity contribution is 5.80. The van der Waals surface area contributed by atoms with E-state index >= 15 is 0 Å². The Balaban J connectivity index is 1.52. The zero-order valence-electron chi connectivity index (χ0n) is 12.4. The standard InChI is InChI=1S/C18H22FNO/c19-16-5-4-6-17-15(16)8-12-20(17)13-14-7-11-18(21-14)9-2-1-3-10-18/h4-6,8,12,14H,1-3,7,9-11,13H2. The number of ether oxygens (including phenoxy) is 1. The molecule has 1 aliphatic heterocycles. The van der Waals surface area contributed by atoms with Crippen molar-refractivity contribution in [2.75, 3.05) is 0 Å². The Morgan fingerprint density at radius 2 is 2.00 bits per heavy atom. The fraction of sp³-hybridized carbons (Fsp3) is 0.556. The quantitative estimate of drug-likeness (QED) is 0.783. The van der Waals surface area contributed by atoms with Gasteiger partial charge in [0.2, 0.25) is 0 Å². The van der Waals surface area contributed by atoms with Crippen LogP contribution in [0.2, 0.25) is 0 Å². The first kappa shape index (κ1) is 13.3. The van der Waals surface area contributed by atoms with Gasteiger partial charge in [-0.15, -0.1) is 0 Å². The molecule has 112 valence electrons. The lowest BCUT2D eigenvalue weighted by atomic mass is 9.83. The van der Waals surface area contributed by atoms with Crippen LogP contribution in [0.3, 0.4) is 0 Å². The van der Waals surface area contributed by atoms with Gasteiger partial charge < -0.3 is 9.30 Å². The molecule has 1 saturated carbocycles. The first-order chi connectivity index (χ1) is 10.3. The average Bonchev–Trinajstić information content (AvgIpc) is 3.07. The molecule has 4 rings (SSSR count). The van der Waals surface area contributed by atoms with Gasteiger partial charge in [-0.05, 0) is 43.9 Å². The number of aromatic nitrogens is 1. The van der Waals surface area contributed by atoms with Crippen molar-refractivity contribution in [3.63, 3.8) is 0 Å². The lowest BCUT2D eigenvalue weighted by Gasteiger charge is -2.33. The number of benzene rings is 1. The molecule has 2 aromatic rings. The van der Waals surface area contributed by atoms with E-state index in [0.717, 1.165) is 18.5 Å². The van der Waals surface area contributed by atoms with Gasteiger partial charge in [-0.3, -0.25) is 0 Å². The number of fused-ring (bicyclic) bond motifs is 1. The summed E-state index contributed by atoms with van der Waals surface area (Å²) in [5, 5.41) is 0.711. The summed E-state index contributed by atoms with van der Waals surface area (Å²) in [7, 11) is 0. The molecule has 2 nitrogen and oxygen atoms in total. The van der Waals surface area contributed by atoms with Crippen LogP contribution < -0.4 is 0 Å². The molecule has 1 spiro atoms. The van der Waals surface area contributed by atoms with Crippen LogP contribution in [0, 0.1) is 5.82 Å². The summed E-state index contributed by atoms with van der Waals surface area (Å²) in [4.78, 5) is 0. The van der Waals surface area contributed by atoms with Crippen molar-refractivity contribution in [3.05, 3.63) is 36.3 Å². The van der Waals surface area contributed by atoms with Crippen LogP contribution in [0.4, 0.5) is 4.39 Å². The summed E-state index contributed by atoms with van der Waals surface area (Å²) >= 11 is 0. The van der Waals surface area contributed by atoms with Crippen molar-refractivity contribution < 1.29 is 9.13 Å². The molecule has 2 fully saturated rings. The van der Waals surface area contributed by atoms with Crippen molar-refractivity contribution in [1.29, 1.82) is 0 Å². The van der Waals surface area contributed by atoms with Crippen LogP contribution >= 0.6 is 0 Å². The van der Waals surface area contributed by atoms with E-state index in [4.69, 9.17) is 4.74 Å². The van der Waals surface area contributed by atoms with E-state index in [1.165, 1.54) is 44.6 Å². The van der Waals surface area contributed by atoms with Gasteiger partial charge in [-0.25, -0.2) is 4.39 Å². The third-order valence-electron chi connectivity index (χ3n) is 5.26. The van der Waals surface area contributed by atoms with Crippen LogP contribution in [0.25, 0.3) is 10.9 Å². The van der Waals surface area contributed by atoms with Gasteiger partial charge in [0, 0.05) is 18.1 Å². The monoisotopic (exact) mass is 287 g/mol. The average molecular weight is 287 g/mol. The second-order valence-corrected chi connectivity index (χ2v) is 6.66. The van der Waals surface area contributed by atoms with Crippen molar-refractivity contribution in [2.45, 2.75) is 63.2 Å². The van der Waals surface area contributed by atoms with Crippen molar-refractivity contribution >= 4 is 10.9 Å². The Morgan fingerprint density at radius 1 is 1.14 bits per heavy atom. The Morgan fingerprint density at radius 3 is 2.86 bits per heavy atom. The lowest BCUT2D eigenvalue weighted by molar-refractivity contribution is -0.0676. The topological polar surface area (TPSA) is 14.2 Å². The predicted molar refractivity (Wildman–Crippen MR) is 81.8 cm³/mol. The molecular formula is C18H22FNO. The van der Waals surface area contributed by atoms with Gasteiger partial charge in [0.1, 0.15) is 5.82 Å². The normalized spacial score (nSPS) is 24.9. The van der Waals surface area contributed by atoms with Gasteiger partial charge in [0.15, 0.2) is 0 Å². The van der Waals surface area contributed by atoms with Gasteiger partial charge in [-0.2, -0.15) is 0 Å². The fourth-order valence-corrected chi connectivity index (χ4v) is 4.15. The Labute approximate surface area is 124 Å². The number of rotatable bonds is 2. The first-order valence-corrected chi connectivity index (χ1v) is 8.17. The van der Waals surface area contributed by atoms with Gasteiger partial charge in [-0.1, -0.05) is 25.3 Å². The molecular weight excluding hydrogens is 265 g/mol. The second kappa shape index (κ2) is 5.13. The van der Waals surface area contributed by atoms with E-state index in [9.17, 15) is 4.39 Å². The van der Waals surface area contributed by atoms with Gasteiger partial charge >= 0.3 is 0 Å². The molecule has 0 N–H and O–H groups in total. The summed E-state index contributed by atoms with van der Waals surface area (Å²) in [6, 6.07) is 7.17. The third kappa shape index (κ3) is 2.38. The second-order valence-electron chi connectivity index (χ2n) is 6.66. The van der Waals surface area contributed by atoms with E-state index in [2.05, 4.69) is 4.57 Å². The Hall–Kier alpha value is -1.35. The molecule has 0 radical (unpaired) electrons. The van der Waals surface area contributed by atoms with Gasteiger partial charge in [0.25, 0.3) is 0 Å². The molecule has 21 heavy (non-hydrogen) atoms. The number of nitrogens with zero attached hydrogens (tertiary/aromatic N) is 1. The molecule has 1 aromatic heterocycles. The van der Waals surface area contributed by atoms with E-state index in [-0.39, 0.29) is 17.5 Å². The smallest absolute Gasteiger partial charge is 0.132 e. The van der Waals surface area contributed by atoms with Crippen LogP contribution in [-0.2, 0) is 11.3 Å². The minimum Gasteiger partial charge on any atom is -0.370 e. The van der Waals surface area contributed by atoms with Crippen molar-refractivity contribution in [3.8, 4) is 0 Å². The van der Waals surface area contributed by atoms with Crippen molar-refractivity contribution in [1.82, 2.24) is 4.57 Å². The Bertz CT molecular complexity index is 642. The maximum absolute atomic E-state index is 13.8. The highest BCUT2D eigenvalue weighted by Crippen LogP contribution is 2.42. The number of hydrogen-bond acceptors (Lipinski definition) is 1. The molecule has 1 atom stereocenters. The molecule has 1 unspecified atom stereocenters. The van der Waals surface area contributed by atoms with E-state index in [0.29, 0.717) is 5.39 Å². The predicted octanol–water partition coefficient (Wildman–Crippen LogP) is 4.66. The molecule has 1 aliphatic carbocycles. The van der Waals surface area contributed by atoms with Crippen LogP contribution in [-0.4, -0.2) is 16.3 Å². The summed E-state index contributed by atoms with van der Waals surface area (Å²) in [6.45, 7) is 0.842. The summed E-state index contributed by atoms with van der Waals surface area (Å²) in [5.41, 5.74) is 1.14. The third-order valence-corrected chi connectivity index (χ3v) is 5.26. The number of halogens is 1. The maximum atomic E-state index is 13.8. The fourth-order valence-electron chi connectivity index (χ4n) is 4.15. The number of hydrogen-bond donors (Lipinski definition) is 0.